The van der Waals surface area contributed by atoms with Gasteiger partial charge in [0.15, 0.2) is 0 Å². The standard InChI is InChI=1S/C19H23NO3S/c1-23-17-5-3-2-4-16(17)18(22)20-13-19(14-8-11-24-12-14)9-6-15(21)7-10-19/h2-5,8,11-12,15,21H,6-7,9-10,13H2,1H3,(H,20,22). The van der Waals surface area contributed by atoms with Crippen LogP contribution in [0.3, 0.4) is 0 Å². The van der Waals surface area contributed by atoms with E-state index in [1.54, 1.807) is 30.6 Å². The summed E-state index contributed by atoms with van der Waals surface area (Å²) in [6.45, 7) is 0.577. The number of amides is 1. The van der Waals surface area contributed by atoms with Gasteiger partial charge in [-0.25, -0.2) is 0 Å². The largest absolute Gasteiger partial charge is 0.496 e. The second-order valence-electron chi connectivity index (χ2n) is 6.41. The van der Waals surface area contributed by atoms with Gasteiger partial charge in [-0.1, -0.05) is 12.1 Å². The number of thiophene rings is 1. The summed E-state index contributed by atoms with van der Waals surface area (Å²) in [7, 11) is 1.57. The van der Waals surface area contributed by atoms with E-state index in [4.69, 9.17) is 4.74 Å². The molecule has 2 aromatic rings. The first-order chi connectivity index (χ1) is 11.6. The number of ether oxygens (including phenoxy) is 1. The van der Waals surface area contributed by atoms with E-state index >= 15 is 0 Å². The molecule has 1 fully saturated rings. The average molecular weight is 345 g/mol. The Bertz CT molecular complexity index is 676. The maximum absolute atomic E-state index is 12.6. The molecule has 1 aliphatic carbocycles. The monoisotopic (exact) mass is 345 g/mol. The number of para-hydroxylation sites is 1. The highest BCUT2D eigenvalue weighted by Crippen LogP contribution is 2.40. The fraction of sp³-hybridized carbons (Fsp3) is 0.421. The number of aliphatic hydroxyl groups is 1. The van der Waals surface area contributed by atoms with Crippen LogP contribution in [-0.2, 0) is 5.41 Å². The van der Waals surface area contributed by atoms with Crippen LogP contribution in [0.2, 0.25) is 0 Å². The van der Waals surface area contributed by atoms with Crippen LogP contribution >= 0.6 is 11.3 Å². The van der Waals surface area contributed by atoms with Crippen molar-refractivity contribution < 1.29 is 14.6 Å². The van der Waals surface area contributed by atoms with Crippen molar-refractivity contribution in [3.05, 3.63) is 52.2 Å². The third-order valence-corrected chi connectivity index (χ3v) is 5.67. The van der Waals surface area contributed by atoms with Gasteiger partial charge in [0, 0.05) is 12.0 Å². The van der Waals surface area contributed by atoms with Crippen LogP contribution in [0, 0.1) is 0 Å². The van der Waals surface area contributed by atoms with Crippen molar-refractivity contribution in [2.45, 2.75) is 37.2 Å². The van der Waals surface area contributed by atoms with E-state index in [0.717, 1.165) is 25.7 Å². The van der Waals surface area contributed by atoms with E-state index in [1.807, 2.05) is 12.1 Å². The predicted octanol–water partition coefficient (Wildman–Crippen LogP) is 3.36. The van der Waals surface area contributed by atoms with Crippen LogP contribution in [0.4, 0.5) is 0 Å². The number of benzene rings is 1. The van der Waals surface area contributed by atoms with Gasteiger partial charge in [-0.05, 0) is 60.2 Å². The lowest BCUT2D eigenvalue weighted by Crippen LogP contribution is -2.44. The Morgan fingerprint density at radius 1 is 1.33 bits per heavy atom. The lowest BCUT2D eigenvalue weighted by molar-refractivity contribution is 0.0851. The van der Waals surface area contributed by atoms with E-state index in [1.165, 1.54) is 5.56 Å². The molecule has 1 saturated carbocycles. The van der Waals surface area contributed by atoms with E-state index in [0.29, 0.717) is 17.9 Å². The third-order valence-electron chi connectivity index (χ3n) is 4.98. The van der Waals surface area contributed by atoms with Gasteiger partial charge in [-0.15, -0.1) is 0 Å². The van der Waals surface area contributed by atoms with Crippen molar-refractivity contribution in [2.24, 2.45) is 0 Å². The highest BCUT2D eigenvalue weighted by molar-refractivity contribution is 7.08. The molecule has 0 aliphatic heterocycles. The summed E-state index contributed by atoms with van der Waals surface area (Å²) in [5.74, 6) is 0.465. The first-order valence-corrected chi connectivity index (χ1v) is 9.21. The van der Waals surface area contributed by atoms with E-state index < -0.39 is 0 Å². The number of hydrogen-bond donors (Lipinski definition) is 2. The van der Waals surface area contributed by atoms with Crippen molar-refractivity contribution in [1.29, 1.82) is 0 Å². The van der Waals surface area contributed by atoms with Crippen molar-refractivity contribution in [3.8, 4) is 5.75 Å². The SMILES string of the molecule is COc1ccccc1C(=O)NCC1(c2ccsc2)CCC(O)CC1. The number of carbonyl (C=O) groups is 1. The first-order valence-electron chi connectivity index (χ1n) is 8.26. The summed E-state index contributed by atoms with van der Waals surface area (Å²) in [5.41, 5.74) is 1.73. The fourth-order valence-electron chi connectivity index (χ4n) is 3.47. The van der Waals surface area contributed by atoms with Gasteiger partial charge >= 0.3 is 0 Å². The molecule has 0 atom stereocenters. The smallest absolute Gasteiger partial charge is 0.255 e. The van der Waals surface area contributed by atoms with Crippen LogP contribution < -0.4 is 10.1 Å². The van der Waals surface area contributed by atoms with Gasteiger partial charge < -0.3 is 15.2 Å². The molecule has 24 heavy (non-hydrogen) atoms. The maximum atomic E-state index is 12.6. The topological polar surface area (TPSA) is 58.6 Å². The van der Waals surface area contributed by atoms with Crippen LogP contribution in [0.5, 0.6) is 5.75 Å². The normalized spacial score (nSPS) is 23.7. The minimum absolute atomic E-state index is 0.0864. The number of nitrogens with one attached hydrogen (secondary N) is 1. The van der Waals surface area contributed by atoms with Gasteiger partial charge in [-0.2, -0.15) is 11.3 Å². The summed E-state index contributed by atoms with van der Waals surface area (Å²) >= 11 is 1.67. The molecule has 1 aliphatic rings. The van der Waals surface area contributed by atoms with Crippen LogP contribution in [0.15, 0.2) is 41.1 Å². The summed E-state index contributed by atoms with van der Waals surface area (Å²) in [6.07, 6.45) is 3.11. The van der Waals surface area contributed by atoms with Crippen molar-refractivity contribution in [2.75, 3.05) is 13.7 Å². The molecule has 0 spiro atoms. The molecule has 128 valence electrons. The Morgan fingerprint density at radius 2 is 2.08 bits per heavy atom. The molecule has 1 amide bonds. The molecule has 0 saturated heterocycles. The Morgan fingerprint density at radius 3 is 2.75 bits per heavy atom. The number of rotatable bonds is 5. The fourth-order valence-corrected chi connectivity index (χ4v) is 4.24. The van der Waals surface area contributed by atoms with Gasteiger partial charge in [-0.3, -0.25) is 4.79 Å². The zero-order valence-electron chi connectivity index (χ0n) is 13.8. The van der Waals surface area contributed by atoms with Gasteiger partial charge in [0.1, 0.15) is 5.75 Å². The summed E-state index contributed by atoms with van der Waals surface area (Å²) in [4.78, 5) is 12.6. The third kappa shape index (κ3) is 3.47. The zero-order valence-corrected chi connectivity index (χ0v) is 14.6. The number of hydrogen-bond acceptors (Lipinski definition) is 4. The number of methoxy groups -OCH3 is 1. The second kappa shape index (κ2) is 7.36. The molecular formula is C19H23NO3S. The minimum atomic E-state index is -0.221. The number of carbonyl (C=O) groups excluding carboxylic acids is 1. The Balaban J connectivity index is 1.76. The van der Waals surface area contributed by atoms with E-state index in [-0.39, 0.29) is 17.4 Å². The average Bonchev–Trinajstić information content (AvgIpc) is 3.16. The predicted molar refractivity (Wildman–Crippen MR) is 95.8 cm³/mol. The van der Waals surface area contributed by atoms with Gasteiger partial charge in [0.05, 0.1) is 18.8 Å². The molecule has 3 rings (SSSR count). The molecular weight excluding hydrogens is 322 g/mol. The maximum Gasteiger partial charge on any atom is 0.255 e. The Labute approximate surface area is 146 Å². The molecule has 5 heteroatoms. The number of aliphatic hydroxyl groups excluding tert-OH is 1. The van der Waals surface area contributed by atoms with Gasteiger partial charge in [0.25, 0.3) is 5.91 Å². The summed E-state index contributed by atoms with van der Waals surface area (Å²) < 4.78 is 5.28. The molecule has 1 heterocycles. The summed E-state index contributed by atoms with van der Waals surface area (Å²) in [6, 6.07) is 9.39. The Hall–Kier alpha value is -1.85. The van der Waals surface area contributed by atoms with Crippen molar-refractivity contribution in [3.63, 3.8) is 0 Å². The lowest BCUT2D eigenvalue weighted by atomic mass is 9.69. The zero-order chi connectivity index (χ0) is 17.0. The second-order valence-corrected chi connectivity index (χ2v) is 7.19. The quantitative estimate of drug-likeness (QED) is 0.874. The molecule has 2 N–H and O–H groups in total. The lowest BCUT2D eigenvalue weighted by Gasteiger charge is -2.39. The molecule has 0 unspecified atom stereocenters. The summed E-state index contributed by atoms with van der Waals surface area (Å²) in [5, 5.41) is 17.2. The molecule has 4 nitrogen and oxygen atoms in total. The van der Waals surface area contributed by atoms with Gasteiger partial charge in [0.2, 0.25) is 0 Å². The Kier molecular flexibility index (Phi) is 5.21. The molecule has 1 aromatic heterocycles. The first kappa shape index (κ1) is 17.0. The highest BCUT2D eigenvalue weighted by Gasteiger charge is 2.37. The van der Waals surface area contributed by atoms with Crippen molar-refractivity contribution in [1.82, 2.24) is 5.32 Å². The minimum Gasteiger partial charge on any atom is -0.496 e. The van der Waals surface area contributed by atoms with Crippen molar-refractivity contribution >= 4 is 17.2 Å². The highest BCUT2D eigenvalue weighted by atomic mass is 32.1. The van der Waals surface area contributed by atoms with Crippen LogP contribution in [0.1, 0.15) is 41.6 Å². The molecule has 1 aromatic carbocycles. The molecule has 0 bridgehead atoms. The van der Waals surface area contributed by atoms with E-state index in [2.05, 4.69) is 22.1 Å². The molecule has 0 radical (unpaired) electrons. The van der Waals surface area contributed by atoms with Crippen LogP contribution in [0.25, 0.3) is 0 Å². The van der Waals surface area contributed by atoms with Crippen LogP contribution in [-0.4, -0.2) is 30.8 Å². The van der Waals surface area contributed by atoms with E-state index in [9.17, 15) is 9.90 Å².